The second-order valence-corrected chi connectivity index (χ2v) is 10.2. The number of nitrogens with one attached hydrogen (secondary N) is 1. The van der Waals surface area contributed by atoms with E-state index in [1.807, 2.05) is 4.90 Å². The van der Waals surface area contributed by atoms with Gasteiger partial charge in [-0.25, -0.2) is 13.8 Å². The Hall–Kier alpha value is -3.55. The van der Waals surface area contributed by atoms with E-state index in [-0.39, 0.29) is 40.4 Å². The summed E-state index contributed by atoms with van der Waals surface area (Å²) in [4.78, 5) is 11.4. The highest BCUT2D eigenvalue weighted by Crippen LogP contribution is 2.47. The molecule has 2 aliphatic heterocycles. The largest absolute Gasteiger partial charge is 0.389 e. The van der Waals surface area contributed by atoms with Gasteiger partial charge in [0.25, 0.3) is 0 Å². The minimum absolute atomic E-state index is 0.0223. The van der Waals surface area contributed by atoms with Crippen LogP contribution in [-0.4, -0.2) is 30.1 Å². The number of ether oxygens (including phenoxy) is 1. The first-order valence-electron chi connectivity index (χ1n) is 11.4. The van der Waals surface area contributed by atoms with Crippen molar-refractivity contribution in [2.75, 3.05) is 36.1 Å². The summed E-state index contributed by atoms with van der Waals surface area (Å²) in [5.41, 5.74) is 7.68. The third-order valence-corrected chi connectivity index (χ3v) is 7.91. The molecule has 1 atom stereocenters. The van der Waals surface area contributed by atoms with E-state index < -0.39 is 11.6 Å². The van der Waals surface area contributed by atoms with Gasteiger partial charge in [-0.15, -0.1) is 11.3 Å². The van der Waals surface area contributed by atoms with Gasteiger partial charge in [0.15, 0.2) is 5.82 Å². The standard InChI is InChI=1S/C25H22F2N6OS/c1-11-5-6-33(8-11)25-31-22-19(24(30-2)32-25)14-10-34-9-13(14)18(21(22)27)20-15(26)3-4-16-17(20)12(7-28)23(29)35-16/h3-4,11H,5-6,8-10,29H2,1-2H3,(H,30,31,32)/t11-/m0/s1. The summed E-state index contributed by atoms with van der Waals surface area (Å²) in [6, 6.07) is 4.93. The first-order chi connectivity index (χ1) is 16.9. The Labute approximate surface area is 204 Å². The predicted molar refractivity (Wildman–Crippen MR) is 133 cm³/mol. The van der Waals surface area contributed by atoms with Gasteiger partial charge in [-0.2, -0.15) is 10.2 Å². The molecule has 2 aliphatic rings. The zero-order valence-electron chi connectivity index (χ0n) is 19.2. The SMILES string of the molecule is CNc1nc(N2CC[C@H](C)C2)nc2c(F)c(-c3c(F)ccc4sc(N)c(C#N)c34)c3c(c12)COC3. The van der Waals surface area contributed by atoms with Crippen LogP contribution in [0.4, 0.5) is 25.5 Å². The van der Waals surface area contributed by atoms with Gasteiger partial charge in [0.1, 0.15) is 28.2 Å². The number of aromatic nitrogens is 2. The van der Waals surface area contributed by atoms with Crippen LogP contribution >= 0.6 is 11.3 Å². The topological polar surface area (TPSA) is 100 Å². The van der Waals surface area contributed by atoms with Gasteiger partial charge in [-0.3, -0.25) is 0 Å². The molecule has 35 heavy (non-hydrogen) atoms. The van der Waals surface area contributed by atoms with Crippen LogP contribution in [0.3, 0.4) is 0 Å². The third-order valence-electron chi connectivity index (χ3n) is 6.92. The molecule has 4 aromatic rings. The van der Waals surface area contributed by atoms with Gasteiger partial charge in [0.2, 0.25) is 5.95 Å². The number of nitrogens with two attached hydrogens (primary N) is 1. The Kier molecular flexibility index (Phi) is 5.02. The van der Waals surface area contributed by atoms with Crippen molar-refractivity contribution >= 4 is 49.1 Å². The third kappa shape index (κ3) is 3.15. The van der Waals surface area contributed by atoms with Crippen molar-refractivity contribution < 1.29 is 13.5 Å². The van der Waals surface area contributed by atoms with Crippen molar-refractivity contribution in [3.8, 4) is 17.2 Å². The zero-order valence-corrected chi connectivity index (χ0v) is 20.0. The highest BCUT2D eigenvalue weighted by atomic mass is 32.1. The van der Waals surface area contributed by atoms with Crippen LogP contribution in [-0.2, 0) is 18.0 Å². The van der Waals surface area contributed by atoms with Crippen molar-refractivity contribution in [2.45, 2.75) is 26.6 Å². The normalized spacial score (nSPS) is 17.3. The number of hydrogen-bond donors (Lipinski definition) is 2. The van der Waals surface area contributed by atoms with E-state index in [0.29, 0.717) is 38.7 Å². The number of nitrogen functional groups attached to an aromatic ring is 1. The summed E-state index contributed by atoms with van der Waals surface area (Å²) in [6.07, 6.45) is 1.01. The minimum Gasteiger partial charge on any atom is -0.389 e. The molecule has 0 aliphatic carbocycles. The van der Waals surface area contributed by atoms with Crippen LogP contribution < -0.4 is 16.0 Å². The summed E-state index contributed by atoms with van der Waals surface area (Å²) in [5, 5.41) is 14.0. The number of fused-ring (bicyclic) bond motifs is 4. The van der Waals surface area contributed by atoms with Crippen molar-refractivity contribution in [1.29, 1.82) is 5.26 Å². The molecule has 4 heterocycles. The number of halogens is 2. The number of hydrogen-bond acceptors (Lipinski definition) is 8. The first-order valence-corrected chi connectivity index (χ1v) is 12.2. The zero-order chi connectivity index (χ0) is 24.4. The first kappa shape index (κ1) is 21.9. The molecule has 7 nitrogen and oxygen atoms in total. The molecule has 0 unspecified atom stereocenters. The fourth-order valence-electron chi connectivity index (χ4n) is 5.26. The number of nitrogens with zero attached hydrogens (tertiary/aromatic N) is 4. The average Bonchev–Trinajstić information content (AvgIpc) is 3.57. The van der Waals surface area contributed by atoms with Crippen LogP contribution in [0.1, 0.15) is 30.0 Å². The van der Waals surface area contributed by atoms with Crippen LogP contribution in [0, 0.1) is 28.9 Å². The molecule has 0 bridgehead atoms. The molecule has 0 saturated carbocycles. The van der Waals surface area contributed by atoms with Crippen molar-refractivity contribution in [3.63, 3.8) is 0 Å². The van der Waals surface area contributed by atoms with Gasteiger partial charge >= 0.3 is 0 Å². The molecule has 6 rings (SSSR count). The van der Waals surface area contributed by atoms with Gasteiger partial charge in [0, 0.05) is 41.4 Å². The Morgan fingerprint density at radius 2 is 2.00 bits per heavy atom. The molecule has 10 heteroatoms. The second kappa shape index (κ2) is 8.00. The lowest BCUT2D eigenvalue weighted by molar-refractivity contribution is 0.135. The second-order valence-electron chi connectivity index (χ2n) is 9.07. The minimum atomic E-state index is -0.656. The molecule has 2 aromatic heterocycles. The lowest BCUT2D eigenvalue weighted by atomic mass is 9.90. The maximum atomic E-state index is 16.6. The smallest absolute Gasteiger partial charge is 0.228 e. The Bertz CT molecular complexity index is 1580. The fraction of sp³-hybridized carbons (Fsp3) is 0.320. The maximum Gasteiger partial charge on any atom is 0.228 e. The van der Waals surface area contributed by atoms with Crippen molar-refractivity contribution in [2.24, 2.45) is 5.92 Å². The molecular formula is C25H22F2N6OS. The summed E-state index contributed by atoms with van der Waals surface area (Å²) in [7, 11) is 1.74. The number of nitriles is 1. The molecule has 3 N–H and O–H groups in total. The molecule has 0 amide bonds. The lowest BCUT2D eigenvalue weighted by Gasteiger charge is -2.20. The van der Waals surface area contributed by atoms with Gasteiger partial charge < -0.3 is 20.7 Å². The number of thiophene rings is 1. The van der Waals surface area contributed by atoms with Gasteiger partial charge in [0.05, 0.1) is 24.2 Å². The van der Waals surface area contributed by atoms with Crippen molar-refractivity contribution in [1.82, 2.24) is 9.97 Å². The van der Waals surface area contributed by atoms with E-state index in [9.17, 15) is 5.26 Å². The summed E-state index contributed by atoms with van der Waals surface area (Å²) in [6.45, 7) is 4.07. The van der Waals surface area contributed by atoms with E-state index in [1.54, 1.807) is 13.1 Å². The van der Waals surface area contributed by atoms with Crippen LogP contribution in [0.2, 0.25) is 0 Å². The summed E-state index contributed by atoms with van der Waals surface area (Å²) < 4.78 is 38.4. The van der Waals surface area contributed by atoms with E-state index in [2.05, 4.69) is 23.3 Å². The highest BCUT2D eigenvalue weighted by molar-refractivity contribution is 7.23. The molecule has 0 radical (unpaired) electrons. The predicted octanol–water partition coefficient (Wildman–Crippen LogP) is 5.16. The van der Waals surface area contributed by atoms with E-state index >= 15 is 8.78 Å². The Morgan fingerprint density at radius 3 is 2.71 bits per heavy atom. The van der Waals surface area contributed by atoms with E-state index in [0.717, 1.165) is 25.1 Å². The molecular weight excluding hydrogens is 470 g/mol. The maximum absolute atomic E-state index is 16.6. The molecule has 1 fully saturated rings. The quantitative estimate of drug-likeness (QED) is 0.407. The van der Waals surface area contributed by atoms with Crippen LogP contribution in [0.5, 0.6) is 0 Å². The Balaban J connectivity index is 1.73. The highest BCUT2D eigenvalue weighted by Gasteiger charge is 2.32. The molecule has 1 saturated heterocycles. The summed E-state index contributed by atoms with van der Waals surface area (Å²) in [5.74, 6) is 0.146. The molecule has 0 spiro atoms. The molecule has 2 aromatic carbocycles. The van der Waals surface area contributed by atoms with Gasteiger partial charge in [-0.1, -0.05) is 6.92 Å². The van der Waals surface area contributed by atoms with E-state index in [4.69, 9.17) is 15.5 Å². The van der Waals surface area contributed by atoms with Crippen LogP contribution in [0.25, 0.3) is 32.1 Å². The lowest BCUT2D eigenvalue weighted by Crippen LogP contribution is -2.22. The van der Waals surface area contributed by atoms with Crippen molar-refractivity contribution in [3.05, 3.63) is 40.5 Å². The van der Waals surface area contributed by atoms with Crippen LogP contribution in [0.15, 0.2) is 12.1 Å². The number of benzene rings is 2. The summed E-state index contributed by atoms with van der Waals surface area (Å²) >= 11 is 1.18. The molecule has 178 valence electrons. The number of rotatable bonds is 3. The van der Waals surface area contributed by atoms with Gasteiger partial charge in [-0.05, 0) is 35.6 Å². The number of anilines is 3. The fourth-order valence-corrected chi connectivity index (χ4v) is 6.19. The monoisotopic (exact) mass is 492 g/mol. The average molecular weight is 493 g/mol. The van der Waals surface area contributed by atoms with E-state index in [1.165, 1.54) is 17.4 Å². The Morgan fingerprint density at radius 1 is 1.20 bits per heavy atom.